The van der Waals surface area contributed by atoms with Crippen molar-refractivity contribution in [1.82, 2.24) is 5.32 Å². The van der Waals surface area contributed by atoms with E-state index in [1.807, 2.05) is 57.2 Å². The Morgan fingerprint density at radius 3 is 2.39 bits per heavy atom. The van der Waals surface area contributed by atoms with Gasteiger partial charge in [0.05, 0.1) is 24.9 Å². The van der Waals surface area contributed by atoms with Gasteiger partial charge in [0.15, 0.2) is 0 Å². The largest absolute Gasteiger partial charge is 0.495 e. The molecule has 4 aromatic rings. The monoisotopic (exact) mass is 445 g/mol. The minimum atomic E-state index is -0.368. The summed E-state index contributed by atoms with van der Waals surface area (Å²) in [6.07, 6.45) is 0. The van der Waals surface area contributed by atoms with Gasteiger partial charge in [0.1, 0.15) is 16.9 Å². The molecule has 0 unspecified atom stereocenters. The van der Waals surface area contributed by atoms with Gasteiger partial charge >= 0.3 is 0 Å². The second kappa shape index (κ2) is 8.86. The molecule has 2 amide bonds. The fraction of sp³-hybridized carbons (Fsp3) is 0.231. The molecule has 0 aliphatic carbocycles. The molecule has 0 spiro atoms. The van der Waals surface area contributed by atoms with Gasteiger partial charge in [-0.3, -0.25) is 9.59 Å². The van der Waals surface area contributed by atoms with Crippen LogP contribution in [0.4, 0.5) is 11.4 Å². The SMILES string of the molecule is COc1cc2c(cc1NC(=O)CNc1ccccc1C(=O)NC(C)(C)C)oc1ccccc12. The van der Waals surface area contributed by atoms with Crippen LogP contribution in [0, 0.1) is 0 Å². The van der Waals surface area contributed by atoms with Crippen LogP contribution in [-0.4, -0.2) is 31.0 Å². The van der Waals surface area contributed by atoms with E-state index in [1.54, 1.807) is 31.4 Å². The highest BCUT2D eigenvalue weighted by atomic mass is 16.5. The van der Waals surface area contributed by atoms with E-state index in [2.05, 4.69) is 16.0 Å². The van der Waals surface area contributed by atoms with Crippen LogP contribution < -0.4 is 20.7 Å². The highest BCUT2D eigenvalue weighted by Crippen LogP contribution is 2.36. The van der Waals surface area contributed by atoms with Gasteiger partial charge in [-0.25, -0.2) is 0 Å². The fourth-order valence-electron chi connectivity index (χ4n) is 3.63. The lowest BCUT2D eigenvalue weighted by molar-refractivity contribution is -0.114. The summed E-state index contributed by atoms with van der Waals surface area (Å²) in [6, 6.07) is 18.5. The Balaban J connectivity index is 1.51. The minimum absolute atomic E-state index is 0.0267. The Bertz CT molecular complexity index is 1330. The molecule has 0 aliphatic rings. The topological polar surface area (TPSA) is 92.6 Å². The molecule has 0 atom stereocenters. The zero-order valence-electron chi connectivity index (χ0n) is 19.1. The van der Waals surface area contributed by atoms with Crippen molar-refractivity contribution in [2.75, 3.05) is 24.3 Å². The first kappa shape index (κ1) is 22.2. The van der Waals surface area contributed by atoms with E-state index in [9.17, 15) is 9.59 Å². The molecule has 3 N–H and O–H groups in total. The quantitative estimate of drug-likeness (QED) is 0.381. The van der Waals surface area contributed by atoms with Crippen LogP contribution in [0.3, 0.4) is 0 Å². The number of methoxy groups -OCH3 is 1. The Hall–Kier alpha value is -4.00. The summed E-state index contributed by atoms with van der Waals surface area (Å²) in [5.74, 6) is 0.0465. The molecule has 1 heterocycles. The normalized spacial score (nSPS) is 11.4. The van der Waals surface area contributed by atoms with Gasteiger partial charge in [-0.15, -0.1) is 0 Å². The number of hydrogen-bond donors (Lipinski definition) is 3. The van der Waals surface area contributed by atoms with Crippen molar-refractivity contribution in [3.05, 3.63) is 66.2 Å². The molecular formula is C26H27N3O4. The number of furan rings is 1. The fourth-order valence-corrected chi connectivity index (χ4v) is 3.63. The molecule has 33 heavy (non-hydrogen) atoms. The number of benzene rings is 3. The highest BCUT2D eigenvalue weighted by Gasteiger charge is 2.18. The zero-order valence-corrected chi connectivity index (χ0v) is 19.1. The third kappa shape index (κ3) is 4.92. The Labute approximate surface area is 192 Å². The Morgan fingerprint density at radius 2 is 1.64 bits per heavy atom. The lowest BCUT2D eigenvalue weighted by Crippen LogP contribution is -2.40. The molecule has 7 heteroatoms. The van der Waals surface area contributed by atoms with Crippen LogP contribution in [-0.2, 0) is 4.79 Å². The molecule has 0 fully saturated rings. The molecule has 0 saturated carbocycles. The van der Waals surface area contributed by atoms with Gasteiger partial charge in [0.2, 0.25) is 5.91 Å². The summed E-state index contributed by atoms with van der Waals surface area (Å²) in [5.41, 5.74) is 2.62. The van der Waals surface area contributed by atoms with E-state index in [4.69, 9.17) is 9.15 Å². The van der Waals surface area contributed by atoms with Crippen molar-refractivity contribution in [2.24, 2.45) is 0 Å². The molecular weight excluding hydrogens is 418 g/mol. The number of amides is 2. The van der Waals surface area contributed by atoms with E-state index in [1.165, 1.54) is 0 Å². The molecule has 0 aliphatic heterocycles. The average Bonchev–Trinajstić information content (AvgIpc) is 3.13. The smallest absolute Gasteiger partial charge is 0.253 e. The molecule has 0 saturated heterocycles. The first-order valence-corrected chi connectivity index (χ1v) is 10.7. The number of anilines is 2. The van der Waals surface area contributed by atoms with Gasteiger partial charge in [-0.2, -0.15) is 0 Å². The number of carbonyl (C=O) groups excluding carboxylic acids is 2. The number of nitrogens with one attached hydrogen (secondary N) is 3. The molecule has 0 radical (unpaired) electrons. The lowest BCUT2D eigenvalue weighted by atomic mass is 10.1. The molecule has 4 rings (SSSR count). The van der Waals surface area contributed by atoms with Crippen molar-refractivity contribution in [3.8, 4) is 5.75 Å². The van der Waals surface area contributed by atoms with E-state index < -0.39 is 0 Å². The zero-order chi connectivity index (χ0) is 23.6. The summed E-state index contributed by atoms with van der Waals surface area (Å²) in [6.45, 7) is 5.73. The van der Waals surface area contributed by atoms with Gasteiger partial charge in [0, 0.05) is 28.1 Å². The van der Waals surface area contributed by atoms with Crippen molar-refractivity contribution >= 4 is 45.1 Å². The minimum Gasteiger partial charge on any atom is -0.495 e. The summed E-state index contributed by atoms with van der Waals surface area (Å²) in [7, 11) is 1.56. The predicted molar refractivity (Wildman–Crippen MR) is 131 cm³/mol. The predicted octanol–water partition coefficient (Wildman–Crippen LogP) is 5.17. The lowest BCUT2D eigenvalue weighted by Gasteiger charge is -2.21. The van der Waals surface area contributed by atoms with E-state index in [0.717, 1.165) is 16.4 Å². The molecule has 170 valence electrons. The summed E-state index contributed by atoms with van der Waals surface area (Å²) in [4.78, 5) is 25.3. The van der Waals surface area contributed by atoms with E-state index in [0.29, 0.717) is 28.3 Å². The number of ether oxygens (including phenoxy) is 1. The maximum atomic E-state index is 12.7. The van der Waals surface area contributed by atoms with Gasteiger partial charge in [-0.05, 0) is 45.0 Å². The summed E-state index contributed by atoms with van der Waals surface area (Å²) >= 11 is 0. The van der Waals surface area contributed by atoms with Crippen LogP contribution >= 0.6 is 0 Å². The van der Waals surface area contributed by atoms with Crippen molar-refractivity contribution in [3.63, 3.8) is 0 Å². The van der Waals surface area contributed by atoms with E-state index >= 15 is 0 Å². The van der Waals surface area contributed by atoms with E-state index in [-0.39, 0.29) is 23.9 Å². The van der Waals surface area contributed by atoms with Crippen LogP contribution in [0.2, 0.25) is 0 Å². The van der Waals surface area contributed by atoms with Gasteiger partial charge < -0.3 is 25.1 Å². The first-order chi connectivity index (χ1) is 15.7. The van der Waals surface area contributed by atoms with Gasteiger partial charge in [0.25, 0.3) is 5.91 Å². The van der Waals surface area contributed by atoms with Gasteiger partial charge in [-0.1, -0.05) is 30.3 Å². The standard InChI is InChI=1S/C26H27N3O4/c1-26(2,3)29-25(31)17-10-5-7-11-19(17)27-15-24(30)28-20-14-22-18(13-23(20)32-4)16-9-6-8-12-21(16)33-22/h5-14,27H,15H2,1-4H3,(H,28,30)(H,29,31). The van der Waals surface area contributed by atoms with Crippen molar-refractivity contribution < 1.29 is 18.7 Å². The maximum Gasteiger partial charge on any atom is 0.253 e. The summed E-state index contributed by atoms with van der Waals surface area (Å²) in [5, 5.41) is 10.8. The van der Waals surface area contributed by atoms with Crippen molar-refractivity contribution in [1.29, 1.82) is 0 Å². The Kier molecular flexibility index (Phi) is 5.96. The van der Waals surface area contributed by atoms with Crippen LogP contribution in [0.15, 0.2) is 65.1 Å². The second-order valence-electron chi connectivity index (χ2n) is 8.80. The third-order valence-electron chi connectivity index (χ3n) is 5.07. The van der Waals surface area contributed by atoms with Crippen LogP contribution in [0.25, 0.3) is 21.9 Å². The number of carbonyl (C=O) groups is 2. The highest BCUT2D eigenvalue weighted by molar-refractivity contribution is 6.08. The molecule has 1 aromatic heterocycles. The maximum absolute atomic E-state index is 12.7. The second-order valence-corrected chi connectivity index (χ2v) is 8.80. The molecule has 0 bridgehead atoms. The Morgan fingerprint density at radius 1 is 0.909 bits per heavy atom. The van der Waals surface area contributed by atoms with Crippen molar-refractivity contribution in [2.45, 2.75) is 26.3 Å². The molecule has 3 aromatic carbocycles. The number of hydrogen-bond acceptors (Lipinski definition) is 5. The van der Waals surface area contributed by atoms with Crippen LogP contribution in [0.5, 0.6) is 5.75 Å². The van der Waals surface area contributed by atoms with Crippen LogP contribution in [0.1, 0.15) is 31.1 Å². The number of rotatable bonds is 6. The number of para-hydroxylation sites is 2. The average molecular weight is 446 g/mol. The first-order valence-electron chi connectivity index (χ1n) is 10.7. The summed E-state index contributed by atoms with van der Waals surface area (Å²) < 4.78 is 11.4. The molecule has 7 nitrogen and oxygen atoms in total. The third-order valence-corrected chi connectivity index (χ3v) is 5.07. The number of fused-ring (bicyclic) bond motifs is 3.